The number of benzene rings is 2. The van der Waals surface area contributed by atoms with Crippen LogP contribution in [-0.4, -0.2) is 19.3 Å². The fraction of sp³-hybridized carbons (Fsp3) is 0.0500. The minimum Gasteiger partial charge on any atom is -0.423 e. The summed E-state index contributed by atoms with van der Waals surface area (Å²) in [5.74, 6) is -0.216. The molecule has 2 aromatic heterocycles. The van der Waals surface area contributed by atoms with Gasteiger partial charge in [-0.3, -0.25) is 9.52 Å². The van der Waals surface area contributed by atoms with Crippen LogP contribution >= 0.6 is 11.3 Å². The summed E-state index contributed by atoms with van der Waals surface area (Å²) in [7, 11) is -3.87. The molecule has 2 heterocycles. The average Bonchev–Trinajstić information content (AvgIpc) is 3.15. The van der Waals surface area contributed by atoms with Crippen LogP contribution in [0.15, 0.2) is 74.1 Å². The van der Waals surface area contributed by atoms with Gasteiger partial charge in [0, 0.05) is 35.0 Å². The molecule has 0 unspecified atom stereocenters. The van der Waals surface area contributed by atoms with Gasteiger partial charge in [0.25, 0.3) is 10.0 Å². The molecule has 0 fully saturated rings. The standard InChI is InChI=1S/C20H15N3O5S2/c1-12(24)21-20-22-17(11-29-20)13-3-2-4-15(9-13)23-30(26,27)16-6-7-18-14(10-16)5-8-19(25)28-18/h2-11,23H,1H3,(H,21,22,24). The molecule has 0 aliphatic rings. The molecule has 0 aliphatic heterocycles. The van der Waals surface area contributed by atoms with Gasteiger partial charge in [-0.15, -0.1) is 11.3 Å². The average molecular weight is 441 g/mol. The molecule has 4 rings (SSSR count). The van der Waals surface area contributed by atoms with Crippen LogP contribution in [0, 0.1) is 0 Å². The van der Waals surface area contributed by atoms with Crippen LogP contribution in [0.4, 0.5) is 10.8 Å². The van der Waals surface area contributed by atoms with E-state index in [9.17, 15) is 18.0 Å². The summed E-state index contributed by atoms with van der Waals surface area (Å²) >= 11 is 1.28. The van der Waals surface area contributed by atoms with E-state index in [4.69, 9.17) is 4.42 Å². The fourth-order valence-corrected chi connectivity index (χ4v) is 4.64. The minimum atomic E-state index is -3.87. The van der Waals surface area contributed by atoms with Gasteiger partial charge in [0.1, 0.15) is 5.58 Å². The quantitative estimate of drug-likeness (QED) is 0.456. The Hall–Kier alpha value is -3.50. The van der Waals surface area contributed by atoms with Crippen molar-refractivity contribution in [1.82, 2.24) is 4.98 Å². The Balaban J connectivity index is 1.61. The molecule has 30 heavy (non-hydrogen) atoms. The number of sulfonamides is 1. The van der Waals surface area contributed by atoms with Crippen LogP contribution in [0.25, 0.3) is 22.2 Å². The Morgan fingerprint density at radius 3 is 2.73 bits per heavy atom. The third kappa shape index (κ3) is 4.24. The highest BCUT2D eigenvalue weighted by Crippen LogP contribution is 2.28. The molecule has 8 nitrogen and oxygen atoms in total. The lowest BCUT2D eigenvalue weighted by Gasteiger charge is -2.09. The van der Waals surface area contributed by atoms with Crippen molar-refractivity contribution in [2.45, 2.75) is 11.8 Å². The van der Waals surface area contributed by atoms with Gasteiger partial charge in [0.2, 0.25) is 5.91 Å². The highest BCUT2D eigenvalue weighted by atomic mass is 32.2. The Morgan fingerprint density at radius 1 is 1.10 bits per heavy atom. The molecule has 0 saturated carbocycles. The number of anilines is 2. The number of hydrogen-bond acceptors (Lipinski definition) is 7. The number of carbonyl (C=O) groups excluding carboxylic acids is 1. The predicted molar refractivity (Wildman–Crippen MR) is 115 cm³/mol. The van der Waals surface area contributed by atoms with Crippen molar-refractivity contribution in [2.24, 2.45) is 0 Å². The molecular formula is C20H15N3O5S2. The normalized spacial score (nSPS) is 11.4. The molecule has 2 N–H and O–H groups in total. The van der Waals surface area contributed by atoms with Crippen molar-refractivity contribution in [3.05, 3.63) is 70.4 Å². The van der Waals surface area contributed by atoms with E-state index in [0.717, 1.165) is 0 Å². The molecule has 10 heteroatoms. The lowest BCUT2D eigenvalue weighted by molar-refractivity contribution is -0.114. The number of hydrogen-bond donors (Lipinski definition) is 2. The Kier molecular flexibility index (Phi) is 5.10. The second-order valence-electron chi connectivity index (χ2n) is 6.36. The molecule has 0 atom stereocenters. The number of nitrogens with one attached hydrogen (secondary N) is 2. The molecule has 4 aromatic rings. The van der Waals surface area contributed by atoms with Gasteiger partial charge in [-0.2, -0.15) is 0 Å². The molecule has 0 bridgehead atoms. The second kappa shape index (κ2) is 7.73. The molecule has 0 saturated heterocycles. The minimum absolute atomic E-state index is 0.0378. The second-order valence-corrected chi connectivity index (χ2v) is 8.90. The van der Waals surface area contributed by atoms with E-state index in [2.05, 4.69) is 15.0 Å². The van der Waals surface area contributed by atoms with Crippen LogP contribution in [0.1, 0.15) is 6.92 Å². The lowest BCUT2D eigenvalue weighted by Crippen LogP contribution is -2.13. The summed E-state index contributed by atoms with van der Waals surface area (Å²) in [4.78, 5) is 26.8. The summed E-state index contributed by atoms with van der Waals surface area (Å²) in [6, 6.07) is 13.8. The molecule has 152 valence electrons. The Labute approximate surface area is 175 Å². The number of aromatic nitrogens is 1. The number of rotatable bonds is 5. The summed E-state index contributed by atoms with van der Waals surface area (Å²) < 4.78 is 33.2. The van der Waals surface area contributed by atoms with Crippen molar-refractivity contribution < 1.29 is 17.6 Å². The first kappa shape index (κ1) is 19.8. The topological polar surface area (TPSA) is 118 Å². The van der Waals surface area contributed by atoms with Gasteiger partial charge in [-0.25, -0.2) is 18.2 Å². The van der Waals surface area contributed by atoms with E-state index >= 15 is 0 Å². The largest absolute Gasteiger partial charge is 0.423 e. The summed E-state index contributed by atoms with van der Waals surface area (Å²) in [5.41, 5.74) is 1.48. The maximum atomic E-state index is 12.8. The van der Waals surface area contributed by atoms with E-state index in [-0.39, 0.29) is 10.8 Å². The molecule has 0 spiro atoms. The number of carbonyl (C=O) groups is 1. The van der Waals surface area contributed by atoms with Gasteiger partial charge in [-0.1, -0.05) is 12.1 Å². The SMILES string of the molecule is CC(=O)Nc1nc(-c2cccc(NS(=O)(=O)c3ccc4oc(=O)ccc4c3)c2)cs1. The zero-order valence-corrected chi connectivity index (χ0v) is 17.2. The summed E-state index contributed by atoms with van der Waals surface area (Å²) in [6.45, 7) is 1.40. The Morgan fingerprint density at radius 2 is 1.93 bits per heavy atom. The molecular weight excluding hydrogens is 426 g/mol. The van der Waals surface area contributed by atoms with E-state index in [1.807, 2.05) is 0 Å². The van der Waals surface area contributed by atoms with Crippen LogP contribution in [0.3, 0.4) is 0 Å². The van der Waals surface area contributed by atoms with E-state index in [0.29, 0.717) is 33.0 Å². The highest BCUT2D eigenvalue weighted by molar-refractivity contribution is 7.92. The summed E-state index contributed by atoms with van der Waals surface area (Å²) in [6.07, 6.45) is 0. The first-order chi connectivity index (χ1) is 14.3. The monoisotopic (exact) mass is 441 g/mol. The maximum absolute atomic E-state index is 12.8. The smallest absolute Gasteiger partial charge is 0.336 e. The van der Waals surface area contributed by atoms with Crippen molar-refractivity contribution in [2.75, 3.05) is 10.0 Å². The van der Waals surface area contributed by atoms with Gasteiger partial charge in [-0.05, 0) is 36.4 Å². The number of fused-ring (bicyclic) bond motifs is 1. The van der Waals surface area contributed by atoms with E-state index in [1.165, 1.54) is 48.6 Å². The maximum Gasteiger partial charge on any atom is 0.336 e. The third-order valence-electron chi connectivity index (χ3n) is 4.10. The highest BCUT2D eigenvalue weighted by Gasteiger charge is 2.16. The van der Waals surface area contributed by atoms with Crippen molar-refractivity contribution >= 4 is 49.1 Å². The zero-order chi connectivity index (χ0) is 21.3. The van der Waals surface area contributed by atoms with Crippen LogP contribution < -0.4 is 15.7 Å². The van der Waals surface area contributed by atoms with Crippen LogP contribution in [0.5, 0.6) is 0 Å². The van der Waals surface area contributed by atoms with Gasteiger partial charge in [0.05, 0.1) is 10.6 Å². The van der Waals surface area contributed by atoms with E-state index < -0.39 is 15.6 Å². The van der Waals surface area contributed by atoms with Crippen molar-refractivity contribution in [3.63, 3.8) is 0 Å². The third-order valence-corrected chi connectivity index (χ3v) is 6.24. The van der Waals surface area contributed by atoms with Gasteiger partial charge < -0.3 is 9.73 Å². The van der Waals surface area contributed by atoms with Crippen molar-refractivity contribution in [1.29, 1.82) is 0 Å². The zero-order valence-electron chi connectivity index (χ0n) is 15.6. The first-order valence-electron chi connectivity index (χ1n) is 8.70. The molecule has 0 aliphatic carbocycles. The van der Waals surface area contributed by atoms with Gasteiger partial charge in [0.15, 0.2) is 5.13 Å². The van der Waals surface area contributed by atoms with Crippen molar-refractivity contribution in [3.8, 4) is 11.3 Å². The predicted octanol–water partition coefficient (Wildman–Crippen LogP) is 3.68. The molecule has 0 radical (unpaired) electrons. The fourth-order valence-electron chi connectivity index (χ4n) is 2.79. The molecule has 2 aromatic carbocycles. The number of nitrogens with zero attached hydrogens (tertiary/aromatic N) is 1. The van der Waals surface area contributed by atoms with Gasteiger partial charge >= 0.3 is 5.63 Å². The van der Waals surface area contributed by atoms with Crippen LogP contribution in [0.2, 0.25) is 0 Å². The number of amides is 1. The Bertz CT molecular complexity index is 1420. The summed E-state index contributed by atoms with van der Waals surface area (Å²) in [5, 5.41) is 5.35. The number of thiazole rings is 1. The first-order valence-corrected chi connectivity index (χ1v) is 11.1. The lowest BCUT2D eigenvalue weighted by atomic mass is 10.1. The molecule has 1 amide bonds. The van der Waals surface area contributed by atoms with E-state index in [1.54, 1.807) is 29.6 Å². The van der Waals surface area contributed by atoms with Crippen LogP contribution in [-0.2, 0) is 14.8 Å².